The van der Waals surface area contributed by atoms with Crippen molar-refractivity contribution >= 4 is 11.9 Å². The highest BCUT2D eigenvalue weighted by molar-refractivity contribution is 5.76. The highest BCUT2D eigenvalue weighted by atomic mass is 17.2. The second kappa shape index (κ2) is 7.26. The molecule has 13 heavy (non-hydrogen) atoms. The van der Waals surface area contributed by atoms with Crippen LogP contribution in [-0.4, -0.2) is 23.8 Å². The van der Waals surface area contributed by atoms with Crippen molar-refractivity contribution in [2.45, 2.75) is 12.8 Å². The zero-order valence-electron chi connectivity index (χ0n) is 6.89. The fraction of sp³-hybridized carbons (Fsp3) is 0.429. The first-order valence-corrected chi connectivity index (χ1v) is 3.48. The van der Waals surface area contributed by atoms with Gasteiger partial charge in [-0.05, 0) is 0 Å². The van der Waals surface area contributed by atoms with Crippen molar-refractivity contribution in [1.82, 2.24) is 0 Å². The van der Waals surface area contributed by atoms with Gasteiger partial charge in [0.1, 0.15) is 6.61 Å². The third kappa shape index (κ3) is 6.98. The van der Waals surface area contributed by atoms with Crippen LogP contribution in [0.4, 0.5) is 0 Å². The number of carbonyl (C=O) groups excluding carboxylic acids is 2. The maximum absolute atomic E-state index is 10.7. The van der Waals surface area contributed by atoms with Crippen molar-refractivity contribution in [3.8, 4) is 0 Å². The molecule has 0 atom stereocenters. The summed E-state index contributed by atoms with van der Waals surface area (Å²) in [4.78, 5) is 32.8. The van der Waals surface area contributed by atoms with Gasteiger partial charge in [-0.2, -0.15) is 10.1 Å². The maximum atomic E-state index is 10.7. The van der Waals surface area contributed by atoms with Crippen LogP contribution >= 0.6 is 0 Å². The standard InChI is InChI=1S/C7H10O6/c1-2-5-11-13-7(9)4-3-6(8)12-10/h2,10H,1,3-5H2. The van der Waals surface area contributed by atoms with Gasteiger partial charge in [0.05, 0.1) is 12.8 Å². The van der Waals surface area contributed by atoms with Gasteiger partial charge in [-0.15, -0.1) is 6.58 Å². The van der Waals surface area contributed by atoms with Crippen molar-refractivity contribution in [3.63, 3.8) is 0 Å². The first-order chi connectivity index (χ1) is 6.20. The molecule has 6 nitrogen and oxygen atoms in total. The van der Waals surface area contributed by atoms with E-state index in [1.54, 1.807) is 0 Å². The second-order valence-electron chi connectivity index (χ2n) is 1.99. The summed E-state index contributed by atoms with van der Waals surface area (Å²) in [5.41, 5.74) is 0. The van der Waals surface area contributed by atoms with Crippen molar-refractivity contribution in [2.75, 3.05) is 6.61 Å². The van der Waals surface area contributed by atoms with E-state index in [1.807, 2.05) is 0 Å². The molecule has 0 aromatic heterocycles. The molecule has 0 spiro atoms. The molecule has 0 radical (unpaired) electrons. The number of hydrogen-bond donors (Lipinski definition) is 1. The Morgan fingerprint density at radius 2 is 1.92 bits per heavy atom. The second-order valence-corrected chi connectivity index (χ2v) is 1.99. The molecule has 74 valence electrons. The van der Waals surface area contributed by atoms with E-state index in [-0.39, 0.29) is 19.4 Å². The third-order valence-electron chi connectivity index (χ3n) is 0.973. The van der Waals surface area contributed by atoms with Crippen LogP contribution in [-0.2, 0) is 24.3 Å². The van der Waals surface area contributed by atoms with Crippen LogP contribution < -0.4 is 0 Å². The maximum Gasteiger partial charge on any atom is 0.342 e. The van der Waals surface area contributed by atoms with Crippen LogP contribution in [0.5, 0.6) is 0 Å². The monoisotopic (exact) mass is 190 g/mol. The lowest BCUT2D eigenvalue weighted by atomic mass is 10.3. The minimum absolute atomic E-state index is 0.0796. The summed E-state index contributed by atoms with van der Waals surface area (Å²) >= 11 is 0. The van der Waals surface area contributed by atoms with Crippen LogP contribution in [0, 0.1) is 0 Å². The van der Waals surface area contributed by atoms with Crippen molar-refractivity contribution < 1.29 is 29.5 Å². The normalized spacial score (nSPS) is 9.00. The van der Waals surface area contributed by atoms with Crippen LogP contribution in [0.2, 0.25) is 0 Å². The molecular formula is C7H10O6. The van der Waals surface area contributed by atoms with Gasteiger partial charge in [-0.25, -0.2) is 9.59 Å². The van der Waals surface area contributed by atoms with E-state index in [4.69, 9.17) is 5.26 Å². The summed E-state index contributed by atoms with van der Waals surface area (Å²) in [7, 11) is 0. The molecule has 0 aliphatic rings. The van der Waals surface area contributed by atoms with Gasteiger partial charge in [-0.3, -0.25) is 4.89 Å². The Morgan fingerprint density at radius 1 is 1.31 bits per heavy atom. The summed E-state index contributed by atoms with van der Waals surface area (Å²) in [6, 6.07) is 0. The van der Waals surface area contributed by atoms with Crippen LogP contribution in [0.1, 0.15) is 12.8 Å². The molecular weight excluding hydrogens is 180 g/mol. The molecule has 0 unspecified atom stereocenters. The lowest BCUT2D eigenvalue weighted by molar-refractivity contribution is -0.266. The van der Waals surface area contributed by atoms with E-state index in [1.165, 1.54) is 6.08 Å². The highest BCUT2D eigenvalue weighted by Crippen LogP contribution is 1.95. The number of rotatable bonds is 6. The molecule has 0 aliphatic carbocycles. The van der Waals surface area contributed by atoms with Gasteiger partial charge in [-0.1, -0.05) is 6.08 Å². The summed E-state index contributed by atoms with van der Waals surface area (Å²) in [6.45, 7) is 3.40. The van der Waals surface area contributed by atoms with E-state index >= 15 is 0 Å². The molecule has 0 fully saturated rings. The Labute approximate surface area is 74.6 Å². The molecule has 0 aromatic rings. The summed E-state index contributed by atoms with van der Waals surface area (Å²) < 4.78 is 0. The first kappa shape index (κ1) is 11.6. The lowest BCUT2D eigenvalue weighted by Crippen LogP contribution is -2.09. The van der Waals surface area contributed by atoms with Gasteiger partial charge >= 0.3 is 11.9 Å². The van der Waals surface area contributed by atoms with Crippen LogP contribution in [0.25, 0.3) is 0 Å². The average Bonchev–Trinajstić information content (AvgIpc) is 2.14. The highest BCUT2D eigenvalue weighted by Gasteiger charge is 2.09. The Balaban J connectivity index is 3.40. The zero-order chi connectivity index (χ0) is 10.1. The Morgan fingerprint density at radius 3 is 2.46 bits per heavy atom. The van der Waals surface area contributed by atoms with E-state index < -0.39 is 11.9 Å². The van der Waals surface area contributed by atoms with Crippen LogP contribution in [0.15, 0.2) is 12.7 Å². The Bertz CT molecular complexity index is 187. The van der Waals surface area contributed by atoms with Gasteiger partial charge in [0.2, 0.25) is 0 Å². The van der Waals surface area contributed by atoms with Crippen molar-refractivity contribution in [2.24, 2.45) is 0 Å². The predicted octanol–water partition coefficient (Wildman–Crippen LogP) is 0.444. The molecule has 0 aliphatic heterocycles. The SMILES string of the molecule is C=CCOOC(=O)CCC(=O)OO. The quantitative estimate of drug-likeness (QED) is 0.283. The third-order valence-corrected chi connectivity index (χ3v) is 0.973. The van der Waals surface area contributed by atoms with Gasteiger partial charge < -0.3 is 4.89 Å². The number of hydrogen-bond acceptors (Lipinski definition) is 6. The topological polar surface area (TPSA) is 82.1 Å². The first-order valence-electron chi connectivity index (χ1n) is 3.48. The van der Waals surface area contributed by atoms with E-state index in [0.717, 1.165) is 0 Å². The van der Waals surface area contributed by atoms with E-state index in [0.29, 0.717) is 0 Å². The molecule has 1 N–H and O–H groups in total. The van der Waals surface area contributed by atoms with Gasteiger partial charge in [0.25, 0.3) is 0 Å². The molecule has 0 rings (SSSR count). The minimum atomic E-state index is -0.902. The predicted molar refractivity (Wildman–Crippen MR) is 40.2 cm³/mol. The Hall–Kier alpha value is -1.40. The fourth-order valence-corrected chi connectivity index (χ4v) is 0.439. The molecule has 0 heterocycles. The average molecular weight is 190 g/mol. The largest absolute Gasteiger partial charge is 0.342 e. The smallest absolute Gasteiger partial charge is 0.301 e. The summed E-state index contributed by atoms with van der Waals surface area (Å²) in [5.74, 6) is -1.62. The van der Waals surface area contributed by atoms with Gasteiger partial charge in [0.15, 0.2) is 0 Å². The minimum Gasteiger partial charge on any atom is -0.301 e. The van der Waals surface area contributed by atoms with Crippen molar-refractivity contribution in [1.29, 1.82) is 0 Å². The summed E-state index contributed by atoms with van der Waals surface area (Å²) in [5, 5.41) is 7.82. The van der Waals surface area contributed by atoms with Crippen molar-refractivity contribution in [3.05, 3.63) is 12.7 Å². The molecule has 6 heteroatoms. The molecule has 0 amide bonds. The zero-order valence-corrected chi connectivity index (χ0v) is 6.89. The van der Waals surface area contributed by atoms with E-state index in [9.17, 15) is 9.59 Å². The lowest BCUT2D eigenvalue weighted by Gasteiger charge is -1.99. The fourth-order valence-electron chi connectivity index (χ4n) is 0.439. The summed E-state index contributed by atoms with van der Waals surface area (Å²) in [6.07, 6.45) is 0.929. The Kier molecular flexibility index (Phi) is 6.48. The molecule has 0 bridgehead atoms. The van der Waals surface area contributed by atoms with E-state index in [2.05, 4.69) is 21.2 Å². The molecule has 0 saturated heterocycles. The van der Waals surface area contributed by atoms with Crippen LogP contribution in [0.3, 0.4) is 0 Å². The van der Waals surface area contributed by atoms with Gasteiger partial charge in [0, 0.05) is 0 Å². The molecule has 0 aromatic carbocycles. The number of carbonyl (C=O) groups is 2. The molecule has 0 saturated carbocycles.